The maximum atomic E-state index is 13.7. The van der Waals surface area contributed by atoms with Crippen LogP contribution in [0.15, 0.2) is 48.5 Å². The Morgan fingerprint density at radius 3 is 1.91 bits per heavy atom. The number of rotatable bonds is 12. The summed E-state index contributed by atoms with van der Waals surface area (Å²) in [6.07, 6.45) is 1.10. The van der Waals surface area contributed by atoms with E-state index in [0.717, 1.165) is 18.2 Å². The van der Waals surface area contributed by atoms with Crippen molar-refractivity contribution in [3.05, 3.63) is 79.9 Å². The van der Waals surface area contributed by atoms with Crippen molar-refractivity contribution >= 4 is 24.9 Å². The SMILES string of the molecule is CCCOP(=O)(OCCC)C(NC(=O)c1cc([N+](=O)[O-])cc([N+](=O)[O-])c1)c1ccccc1. The number of nitro groups is 2. The Hall–Kier alpha value is -3.14. The van der Waals surface area contributed by atoms with Crippen LogP contribution < -0.4 is 5.32 Å². The molecule has 0 bridgehead atoms. The van der Waals surface area contributed by atoms with Crippen molar-refractivity contribution < 1.29 is 28.3 Å². The molecule has 0 aliphatic carbocycles. The summed E-state index contributed by atoms with van der Waals surface area (Å²) in [5.74, 6) is -2.13. The number of hydrogen-bond donors (Lipinski definition) is 1. The molecule has 0 saturated heterocycles. The highest BCUT2D eigenvalue weighted by Crippen LogP contribution is 2.59. The second-order valence-corrected chi connectivity index (χ2v) is 8.86. The standard InChI is InChI=1S/C20H24N3O8P/c1-3-10-30-32(29,31-11-4-2)20(15-8-6-5-7-9-15)21-19(24)16-12-17(22(25)26)14-18(13-16)23(27)28/h5-9,12-14,20H,3-4,10-11H2,1-2H3,(H,21,24). The zero-order valence-corrected chi connectivity index (χ0v) is 18.5. The van der Waals surface area contributed by atoms with Gasteiger partial charge >= 0.3 is 7.60 Å². The first kappa shape index (κ1) is 25.1. The molecule has 172 valence electrons. The number of benzene rings is 2. The summed E-state index contributed by atoms with van der Waals surface area (Å²) in [7, 11) is -3.92. The number of amides is 1. The van der Waals surface area contributed by atoms with Crippen LogP contribution in [-0.4, -0.2) is 29.0 Å². The summed E-state index contributed by atoms with van der Waals surface area (Å²) in [5, 5.41) is 24.9. The molecule has 0 spiro atoms. The smallest absolute Gasteiger partial charge is 0.334 e. The molecule has 0 aliphatic heterocycles. The van der Waals surface area contributed by atoms with Crippen molar-refractivity contribution in [2.24, 2.45) is 0 Å². The Balaban J connectivity index is 2.50. The molecule has 2 aromatic carbocycles. The molecular weight excluding hydrogens is 441 g/mol. The highest BCUT2D eigenvalue weighted by atomic mass is 31.2. The van der Waals surface area contributed by atoms with Gasteiger partial charge in [0, 0.05) is 12.1 Å². The predicted octanol–water partition coefficient (Wildman–Crippen LogP) is 4.98. The molecule has 11 nitrogen and oxygen atoms in total. The summed E-state index contributed by atoms with van der Waals surface area (Å²) in [6.45, 7) is 3.87. The average Bonchev–Trinajstić information content (AvgIpc) is 2.79. The van der Waals surface area contributed by atoms with Gasteiger partial charge in [0.1, 0.15) is 0 Å². The Labute approximate surface area is 184 Å². The number of nitrogens with zero attached hydrogens (tertiary/aromatic N) is 2. The molecule has 0 heterocycles. The fourth-order valence-electron chi connectivity index (χ4n) is 2.75. The van der Waals surface area contributed by atoms with Crippen LogP contribution in [0.1, 0.15) is 48.4 Å². The molecule has 0 saturated carbocycles. The minimum atomic E-state index is -3.92. The van der Waals surface area contributed by atoms with Gasteiger partial charge in [-0.05, 0) is 18.4 Å². The van der Waals surface area contributed by atoms with E-state index in [4.69, 9.17) is 9.05 Å². The van der Waals surface area contributed by atoms with Crippen molar-refractivity contribution in [1.82, 2.24) is 5.32 Å². The van der Waals surface area contributed by atoms with Gasteiger partial charge in [-0.3, -0.25) is 29.6 Å². The number of nitro benzene ring substituents is 2. The Bertz CT molecular complexity index is 971. The number of hydrogen-bond acceptors (Lipinski definition) is 8. The molecule has 0 fully saturated rings. The maximum absolute atomic E-state index is 13.7. The van der Waals surface area contributed by atoms with Gasteiger partial charge in [0.25, 0.3) is 17.3 Å². The van der Waals surface area contributed by atoms with E-state index in [2.05, 4.69) is 5.32 Å². The highest BCUT2D eigenvalue weighted by Gasteiger charge is 2.39. The molecule has 32 heavy (non-hydrogen) atoms. The Morgan fingerprint density at radius 1 is 0.969 bits per heavy atom. The van der Waals surface area contributed by atoms with Gasteiger partial charge in [-0.25, -0.2) is 0 Å². The third-order valence-electron chi connectivity index (χ3n) is 4.24. The van der Waals surface area contributed by atoms with E-state index in [-0.39, 0.29) is 18.8 Å². The lowest BCUT2D eigenvalue weighted by Crippen LogP contribution is -2.30. The summed E-state index contributed by atoms with van der Waals surface area (Å²) in [6, 6.07) is 10.9. The lowest BCUT2D eigenvalue weighted by molar-refractivity contribution is -0.394. The second kappa shape index (κ2) is 11.5. The van der Waals surface area contributed by atoms with Gasteiger partial charge in [-0.2, -0.15) is 0 Å². The first-order chi connectivity index (χ1) is 15.2. The van der Waals surface area contributed by atoms with Gasteiger partial charge in [0.05, 0.1) is 34.7 Å². The molecule has 1 unspecified atom stereocenters. The van der Waals surface area contributed by atoms with Crippen LogP contribution in [0.5, 0.6) is 0 Å². The third kappa shape index (κ3) is 6.43. The van der Waals surface area contributed by atoms with Gasteiger partial charge in [0.15, 0.2) is 5.78 Å². The van der Waals surface area contributed by atoms with E-state index in [0.29, 0.717) is 18.4 Å². The fourth-order valence-corrected chi connectivity index (χ4v) is 4.81. The highest BCUT2D eigenvalue weighted by molar-refractivity contribution is 7.54. The zero-order chi connectivity index (χ0) is 23.7. The van der Waals surface area contributed by atoms with Gasteiger partial charge in [-0.1, -0.05) is 44.2 Å². The van der Waals surface area contributed by atoms with Crippen LogP contribution in [0.2, 0.25) is 0 Å². The van der Waals surface area contributed by atoms with Gasteiger partial charge in [0.2, 0.25) is 0 Å². The number of non-ortho nitro benzene ring substituents is 2. The summed E-state index contributed by atoms with van der Waals surface area (Å²) in [5.41, 5.74) is -1.14. The third-order valence-corrected chi connectivity index (χ3v) is 6.38. The van der Waals surface area contributed by atoms with Crippen LogP contribution >= 0.6 is 7.60 Å². The average molecular weight is 465 g/mol. The van der Waals surface area contributed by atoms with Crippen LogP contribution in [0.3, 0.4) is 0 Å². The first-order valence-corrected chi connectivity index (χ1v) is 11.5. The largest absolute Gasteiger partial charge is 0.357 e. The van der Waals surface area contributed by atoms with Crippen molar-refractivity contribution in [3.8, 4) is 0 Å². The fraction of sp³-hybridized carbons (Fsp3) is 0.350. The first-order valence-electron chi connectivity index (χ1n) is 9.90. The molecule has 2 rings (SSSR count). The van der Waals surface area contributed by atoms with E-state index >= 15 is 0 Å². The molecule has 0 radical (unpaired) electrons. The molecule has 12 heteroatoms. The molecule has 0 aromatic heterocycles. The van der Waals surface area contributed by atoms with Crippen LogP contribution in [0.4, 0.5) is 11.4 Å². The molecular formula is C20H24N3O8P. The van der Waals surface area contributed by atoms with Crippen LogP contribution in [0.25, 0.3) is 0 Å². The number of nitrogens with one attached hydrogen (secondary N) is 1. The number of carbonyl (C=O) groups excluding carboxylic acids is 1. The predicted molar refractivity (Wildman–Crippen MR) is 116 cm³/mol. The molecule has 2 aromatic rings. The topological polar surface area (TPSA) is 151 Å². The summed E-state index contributed by atoms with van der Waals surface area (Å²) in [4.78, 5) is 33.6. The normalized spacial score (nSPS) is 12.2. The lowest BCUT2D eigenvalue weighted by atomic mass is 10.1. The maximum Gasteiger partial charge on any atom is 0.357 e. The molecule has 1 amide bonds. The zero-order valence-electron chi connectivity index (χ0n) is 17.6. The quantitative estimate of drug-likeness (QED) is 0.262. The van der Waals surface area contributed by atoms with E-state index in [9.17, 15) is 29.6 Å². The molecule has 0 aliphatic rings. The van der Waals surface area contributed by atoms with Crippen molar-refractivity contribution in [1.29, 1.82) is 0 Å². The van der Waals surface area contributed by atoms with E-state index in [1.165, 1.54) is 0 Å². The van der Waals surface area contributed by atoms with Gasteiger partial charge < -0.3 is 14.4 Å². The van der Waals surface area contributed by atoms with Crippen LogP contribution in [0, 0.1) is 20.2 Å². The van der Waals surface area contributed by atoms with E-state index in [1.54, 1.807) is 30.3 Å². The Morgan fingerprint density at radius 2 is 1.47 bits per heavy atom. The minimum absolute atomic E-state index is 0.114. The lowest BCUT2D eigenvalue weighted by Gasteiger charge is -2.28. The second-order valence-electron chi connectivity index (χ2n) is 6.75. The minimum Gasteiger partial charge on any atom is -0.334 e. The van der Waals surface area contributed by atoms with E-state index in [1.807, 2.05) is 13.8 Å². The number of carbonyl (C=O) groups is 1. The van der Waals surface area contributed by atoms with E-state index < -0.39 is 40.5 Å². The monoisotopic (exact) mass is 465 g/mol. The molecule has 1 N–H and O–H groups in total. The van der Waals surface area contributed by atoms with Crippen LogP contribution in [-0.2, 0) is 13.6 Å². The van der Waals surface area contributed by atoms with Crippen molar-refractivity contribution in [2.45, 2.75) is 32.5 Å². The van der Waals surface area contributed by atoms with Crippen molar-refractivity contribution in [3.63, 3.8) is 0 Å². The summed E-state index contributed by atoms with van der Waals surface area (Å²) >= 11 is 0. The summed E-state index contributed by atoms with van der Waals surface area (Å²) < 4.78 is 24.8. The van der Waals surface area contributed by atoms with Gasteiger partial charge in [-0.15, -0.1) is 0 Å². The molecule has 1 atom stereocenters. The Kier molecular flexibility index (Phi) is 9.01. The van der Waals surface area contributed by atoms with Crippen molar-refractivity contribution in [2.75, 3.05) is 13.2 Å².